The van der Waals surface area contributed by atoms with Gasteiger partial charge in [-0.05, 0) is 39.7 Å². The third kappa shape index (κ3) is 2.98. The number of amides is 1. The summed E-state index contributed by atoms with van der Waals surface area (Å²) in [5.74, 6) is 0.154. The van der Waals surface area contributed by atoms with Crippen LogP contribution in [0, 0.1) is 6.92 Å². The molecule has 1 aliphatic rings. The van der Waals surface area contributed by atoms with Gasteiger partial charge in [-0.2, -0.15) is 0 Å². The maximum Gasteiger partial charge on any atom is 0.240 e. The molecule has 1 saturated heterocycles. The lowest BCUT2D eigenvalue weighted by Gasteiger charge is -2.49. The molecule has 0 aromatic heterocycles. The molecular formula is C16H24N2O. The lowest BCUT2D eigenvalue weighted by atomic mass is 9.85. The highest BCUT2D eigenvalue weighted by Gasteiger charge is 2.46. The van der Waals surface area contributed by atoms with Gasteiger partial charge in [0.25, 0.3) is 0 Å². The number of rotatable bonds is 4. The molecule has 1 aromatic carbocycles. The number of hydrogen-bond acceptors (Lipinski definition) is 2. The number of nitrogens with one attached hydrogen (secondary N) is 1. The molecule has 3 nitrogen and oxygen atoms in total. The molecule has 0 spiro atoms. The molecule has 3 heteroatoms. The first-order valence-electron chi connectivity index (χ1n) is 7.03. The molecule has 104 valence electrons. The van der Waals surface area contributed by atoms with E-state index in [1.54, 1.807) is 0 Å². The molecule has 1 N–H and O–H groups in total. The van der Waals surface area contributed by atoms with E-state index in [4.69, 9.17) is 0 Å². The van der Waals surface area contributed by atoms with Gasteiger partial charge < -0.3 is 5.32 Å². The van der Waals surface area contributed by atoms with Crippen LogP contribution in [-0.2, 0) is 11.3 Å². The first-order chi connectivity index (χ1) is 8.91. The predicted octanol–water partition coefficient (Wildman–Crippen LogP) is 2.48. The molecule has 0 saturated carbocycles. The molecule has 1 unspecified atom stereocenters. The SMILES string of the molecule is Cc1ccc(CN2CCC2(C)C(=O)NC(C)C)cc1. The Bertz CT molecular complexity index is 452. The third-order valence-corrected chi connectivity index (χ3v) is 3.97. The molecule has 2 rings (SSSR count). The maximum absolute atomic E-state index is 12.3. The number of aryl methyl sites for hydroxylation is 1. The van der Waals surface area contributed by atoms with E-state index < -0.39 is 0 Å². The quantitative estimate of drug-likeness (QED) is 0.902. The van der Waals surface area contributed by atoms with E-state index in [1.165, 1.54) is 11.1 Å². The Morgan fingerprint density at radius 1 is 1.37 bits per heavy atom. The van der Waals surface area contributed by atoms with Gasteiger partial charge >= 0.3 is 0 Å². The molecular weight excluding hydrogens is 236 g/mol. The topological polar surface area (TPSA) is 32.3 Å². The lowest BCUT2D eigenvalue weighted by Crippen LogP contribution is -2.65. The third-order valence-electron chi connectivity index (χ3n) is 3.97. The second kappa shape index (κ2) is 5.33. The van der Waals surface area contributed by atoms with E-state index in [1.807, 2.05) is 20.8 Å². The Morgan fingerprint density at radius 2 is 2.00 bits per heavy atom. The van der Waals surface area contributed by atoms with Crippen molar-refractivity contribution in [3.8, 4) is 0 Å². The summed E-state index contributed by atoms with van der Waals surface area (Å²) < 4.78 is 0. The van der Waals surface area contributed by atoms with Gasteiger partial charge in [0, 0.05) is 19.1 Å². The standard InChI is InChI=1S/C16H24N2O/c1-12(2)17-15(19)16(4)9-10-18(16)11-14-7-5-13(3)6-8-14/h5-8,12H,9-11H2,1-4H3,(H,17,19). The van der Waals surface area contributed by atoms with Crippen molar-refractivity contribution >= 4 is 5.91 Å². The van der Waals surface area contributed by atoms with Gasteiger partial charge in [0.05, 0.1) is 5.54 Å². The molecule has 1 fully saturated rings. The van der Waals surface area contributed by atoms with Gasteiger partial charge in [-0.15, -0.1) is 0 Å². The van der Waals surface area contributed by atoms with Crippen molar-refractivity contribution in [3.05, 3.63) is 35.4 Å². The predicted molar refractivity (Wildman–Crippen MR) is 77.9 cm³/mol. The van der Waals surface area contributed by atoms with Crippen molar-refractivity contribution in [2.75, 3.05) is 6.54 Å². The molecule has 1 aromatic rings. The molecule has 19 heavy (non-hydrogen) atoms. The van der Waals surface area contributed by atoms with Gasteiger partial charge in [0.15, 0.2) is 0 Å². The number of hydrogen-bond donors (Lipinski definition) is 1. The summed E-state index contributed by atoms with van der Waals surface area (Å²) >= 11 is 0. The van der Waals surface area contributed by atoms with E-state index >= 15 is 0 Å². The molecule has 1 atom stereocenters. The monoisotopic (exact) mass is 260 g/mol. The summed E-state index contributed by atoms with van der Waals surface area (Å²) in [6.07, 6.45) is 0.942. The summed E-state index contributed by atoms with van der Waals surface area (Å²) in [6.45, 7) is 9.99. The molecule has 1 amide bonds. The van der Waals surface area contributed by atoms with Crippen molar-refractivity contribution in [3.63, 3.8) is 0 Å². The zero-order chi connectivity index (χ0) is 14.0. The van der Waals surface area contributed by atoms with Crippen molar-refractivity contribution in [2.24, 2.45) is 0 Å². The second-order valence-corrected chi connectivity index (χ2v) is 6.06. The summed E-state index contributed by atoms with van der Waals surface area (Å²) in [6, 6.07) is 8.75. The Kier molecular flexibility index (Phi) is 3.95. The fourth-order valence-electron chi connectivity index (χ4n) is 2.45. The van der Waals surface area contributed by atoms with Crippen LogP contribution in [0.1, 0.15) is 38.3 Å². The summed E-state index contributed by atoms with van der Waals surface area (Å²) in [5, 5.41) is 3.03. The number of likely N-dealkylation sites (tertiary alicyclic amines) is 1. The van der Waals surface area contributed by atoms with E-state index in [-0.39, 0.29) is 17.5 Å². The van der Waals surface area contributed by atoms with Crippen LogP contribution in [0.5, 0.6) is 0 Å². The maximum atomic E-state index is 12.3. The van der Waals surface area contributed by atoms with Crippen molar-refractivity contribution in [2.45, 2.75) is 52.2 Å². The average Bonchev–Trinajstić information content (AvgIpc) is 2.35. The molecule has 0 radical (unpaired) electrons. The fourth-order valence-corrected chi connectivity index (χ4v) is 2.45. The minimum absolute atomic E-state index is 0.154. The zero-order valence-electron chi connectivity index (χ0n) is 12.4. The Labute approximate surface area is 116 Å². The van der Waals surface area contributed by atoms with Crippen LogP contribution >= 0.6 is 0 Å². The highest BCUT2D eigenvalue weighted by atomic mass is 16.2. The highest BCUT2D eigenvalue weighted by Crippen LogP contribution is 2.32. The van der Waals surface area contributed by atoms with Gasteiger partial charge in [0.2, 0.25) is 5.91 Å². The molecule has 1 aliphatic heterocycles. The van der Waals surface area contributed by atoms with Crippen molar-refractivity contribution in [1.29, 1.82) is 0 Å². The minimum atomic E-state index is -0.338. The van der Waals surface area contributed by atoms with Crippen molar-refractivity contribution < 1.29 is 4.79 Å². The van der Waals surface area contributed by atoms with Gasteiger partial charge in [0.1, 0.15) is 0 Å². The number of benzene rings is 1. The van der Waals surface area contributed by atoms with Gasteiger partial charge in [-0.3, -0.25) is 9.69 Å². The lowest BCUT2D eigenvalue weighted by molar-refractivity contribution is -0.142. The van der Waals surface area contributed by atoms with Crippen LogP contribution in [0.25, 0.3) is 0 Å². The number of carbonyl (C=O) groups excluding carboxylic acids is 1. The van der Waals surface area contributed by atoms with Crippen LogP contribution < -0.4 is 5.32 Å². The fraction of sp³-hybridized carbons (Fsp3) is 0.562. The summed E-state index contributed by atoms with van der Waals surface area (Å²) in [7, 11) is 0. The number of carbonyl (C=O) groups is 1. The van der Waals surface area contributed by atoms with Crippen LogP contribution in [0.3, 0.4) is 0 Å². The van der Waals surface area contributed by atoms with Crippen LogP contribution in [-0.4, -0.2) is 28.9 Å². The van der Waals surface area contributed by atoms with Gasteiger partial charge in [-0.25, -0.2) is 0 Å². The Hall–Kier alpha value is -1.35. The van der Waals surface area contributed by atoms with Gasteiger partial charge in [-0.1, -0.05) is 29.8 Å². The first kappa shape index (κ1) is 14.1. The largest absolute Gasteiger partial charge is 0.352 e. The van der Waals surface area contributed by atoms with E-state index in [0.29, 0.717) is 0 Å². The second-order valence-electron chi connectivity index (χ2n) is 6.06. The molecule has 1 heterocycles. The van der Waals surface area contributed by atoms with E-state index in [2.05, 4.69) is 41.4 Å². The summed E-state index contributed by atoms with van der Waals surface area (Å²) in [5.41, 5.74) is 2.20. The van der Waals surface area contributed by atoms with Crippen molar-refractivity contribution in [1.82, 2.24) is 10.2 Å². The normalized spacial score (nSPS) is 23.2. The Balaban J connectivity index is 2.01. The van der Waals surface area contributed by atoms with E-state index in [0.717, 1.165) is 19.5 Å². The average molecular weight is 260 g/mol. The molecule has 0 aliphatic carbocycles. The van der Waals surface area contributed by atoms with E-state index in [9.17, 15) is 4.79 Å². The first-order valence-corrected chi connectivity index (χ1v) is 7.03. The smallest absolute Gasteiger partial charge is 0.240 e. The van der Waals surface area contributed by atoms with Crippen LogP contribution in [0.2, 0.25) is 0 Å². The number of nitrogens with zero attached hydrogens (tertiary/aromatic N) is 1. The van der Waals surface area contributed by atoms with Crippen LogP contribution in [0.15, 0.2) is 24.3 Å². The molecule has 0 bridgehead atoms. The summed E-state index contributed by atoms with van der Waals surface area (Å²) in [4.78, 5) is 14.5. The zero-order valence-corrected chi connectivity index (χ0v) is 12.4. The minimum Gasteiger partial charge on any atom is -0.352 e. The van der Waals surface area contributed by atoms with Crippen LogP contribution in [0.4, 0.5) is 0 Å². The highest BCUT2D eigenvalue weighted by molar-refractivity contribution is 5.87. The Morgan fingerprint density at radius 3 is 2.47 bits per heavy atom.